The van der Waals surface area contributed by atoms with E-state index in [0.717, 1.165) is 39.0 Å². The Bertz CT molecular complexity index is 1990. The molecule has 0 spiro atoms. The normalized spacial score (nSPS) is 11.8. The standard InChI is InChI=1S/C37H27N5OS/c38-34(25-14-6-2-7-15-25)44-35(39)28-21-20-27(37-42-30-18-10-11-19-33(30)43-37)22-29(28)32-23-31(24-12-4-1-5-13-24)40-36(41-32)26-16-8-3-9-17-26/h1-23,34,39H,38H2. The van der Waals surface area contributed by atoms with Crippen molar-refractivity contribution in [2.45, 2.75) is 5.37 Å². The number of rotatable bonds is 7. The molecular weight excluding hydrogens is 563 g/mol. The van der Waals surface area contributed by atoms with Gasteiger partial charge in [0.1, 0.15) is 5.52 Å². The second-order valence-electron chi connectivity index (χ2n) is 10.2. The van der Waals surface area contributed by atoms with Crippen LogP contribution in [-0.2, 0) is 0 Å². The Kier molecular flexibility index (Phi) is 7.54. The molecule has 0 aliphatic heterocycles. The summed E-state index contributed by atoms with van der Waals surface area (Å²) in [6.45, 7) is 0. The molecule has 2 aromatic heterocycles. The lowest BCUT2D eigenvalue weighted by molar-refractivity contribution is 0.620. The quantitative estimate of drug-likeness (QED) is 0.109. The van der Waals surface area contributed by atoms with Gasteiger partial charge in [0.2, 0.25) is 5.89 Å². The van der Waals surface area contributed by atoms with E-state index < -0.39 is 5.37 Å². The fraction of sp³-hybridized carbons (Fsp3) is 0.0270. The molecule has 44 heavy (non-hydrogen) atoms. The first kappa shape index (κ1) is 27.5. The molecule has 7 heteroatoms. The van der Waals surface area contributed by atoms with E-state index in [-0.39, 0.29) is 0 Å². The molecule has 3 N–H and O–H groups in total. The zero-order valence-electron chi connectivity index (χ0n) is 23.6. The molecule has 1 atom stereocenters. The zero-order valence-corrected chi connectivity index (χ0v) is 24.4. The third-order valence-corrected chi connectivity index (χ3v) is 8.26. The first-order valence-electron chi connectivity index (χ1n) is 14.2. The summed E-state index contributed by atoms with van der Waals surface area (Å²) in [5.74, 6) is 1.10. The Labute approximate surface area is 259 Å². The van der Waals surface area contributed by atoms with Crippen LogP contribution >= 0.6 is 11.8 Å². The van der Waals surface area contributed by atoms with Gasteiger partial charge in [0.15, 0.2) is 11.4 Å². The summed E-state index contributed by atoms with van der Waals surface area (Å²) < 4.78 is 6.13. The number of nitrogens with one attached hydrogen (secondary N) is 1. The molecule has 0 saturated heterocycles. The average Bonchev–Trinajstić information content (AvgIpc) is 3.53. The van der Waals surface area contributed by atoms with Gasteiger partial charge in [-0.1, -0.05) is 121 Å². The van der Waals surface area contributed by atoms with Gasteiger partial charge in [-0.2, -0.15) is 0 Å². The minimum Gasteiger partial charge on any atom is -0.436 e. The van der Waals surface area contributed by atoms with Gasteiger partial charge in [0, 0.05) is 27.8 Å². The highest BCUT2D eigenvalue weighted by atomic mass is 32.2. The third-order valence-electron chi connectivity index (χ3n) is 7.28. The van der Waals surface area contributed by atoms with Crippen LogP contribution in [0.1, 0.15) is 16.5 Å². The highest BCUT2D eigenvalue weighted by molar-refractivity contribution is 8.14. The number of oxazole rings is 1. The Morgan fingerprint density at radius 3 is 2.00 bits per heavy atom. The summed E-state index contributed by atoms with van der Waals surface area (Å²) in [4.78, 5) is 14.7. The Hall–Kier alpha value is -5.37. The van der Waals surface area contributed by atoms with Gasteiger partial charge < -0.3 is 10.2 Å². The van der Waals surface area contributed by atoms with Gasteiger partial charge in [0.25, 0.3) is 0 Å². The third kappa shape index (κ3) is 5.66. The van der Waals surface area contributed by atoms with Crippen LogP contribution in [0.3, 0.4) is 0 Å². The lowest BCUT2D eigenvalue weighted by Gasteiger charge is -2.16. The van der Waals surface area contributed by atoms with Crippen LogP contribution in [0.25, 0.3) is 56.5 Å². The predicted molar refractivity (Wildman–Crippen MR) is 179 cm³/mol. The molecule has 5 aromatic carbocycles. The molecule has 0 bridgehead atoms. The number of nitrogens with zero attached hydrogens (tertiary/aromatic N) is 3. The van der Waals surface area contributed by atoms with Crippen molar-refractivity contribution in [1.82, 2.24) is 15.0 Å². The van der Waals surface area contributed by atoms with Gasteiger partial charge >= 0.3 is 0 Å². The van der Waals surface area contributed by atoms with E-state index in [1.54, 1.807) is 0 Å². The van der Waals surface area contributed by atoms with Crippen LogP contribution in [0.15, 0.2) is 144 Å². The second kappa shape index (κ2) is 12.1. The summed E-state index contributed by atoms with van der Waals surface area (Å²) in [6.07, 6.45) is 0. The average molecular weight is 590 g/mol. The topological polar surface area (TPSA) is 102 Å². The van der Waals surface area contributed by atoms with Gasteiger partial charge in [-0.05, 0) is 35.9 Å². The lowest BCUT2D eigenvalue weighted by Crippen LogP contribution is -2.10. The Morgan fingerprint density at radius 2 is 1.27 bits per heavy atom. The summed E-state index contributed by atoms with van der Waals surface area (Å²) in [5.41, 5.74) is 14.6. The molecule has 0 aliphatic rings. The van der Waals surface area contributed by atoms with Crippen molar-refractivity contribution in [2.24, 2.45) is 5.73 Å². The minimum absolute atomic E-state index is 0.335. The number of aromatic nitrogens is 3. The molecule has 0 aliphatic carbocycles. The molecule has 0 fully saturated rings. The summed E-state index contributed by atoms with van der Waals surface area (Å²) in [5, 5.41) is 9.13. The van der Waals surface area contributed by atoms with Crippen LogP contribution in [0.2, 0.25) is 0 Å². The maximum absolute atomic E-state index is 9.20. The van der Waals surface area contributed by atoms with Crippen LogP contribution in [0, 0.1) is 5.41 Å². The molecule has 6 nitrogen and oxygen atoms in total. The van der Waals surface area contributed by atoms with E-state index in [9.17, 15) is 5.41 Å². The molecule has 0 amide bonds. The van der Waals surface area contributed by atoms with E-state index >= 15 is 0 Å². The number of para-hydroxylation sites is 2. The number of benzene rings is 5. The van der Waals surface area contributed by atoms with E-state index in [0.29, 0.717) is 33.6 Å². The molecular formula is C37H27N5OS. The summed E-state index contributed by atoms with van der Waals surface area (Å²) in [7, 11) is 0. The zero-order chi connectivity index (χ0) is 29.9. The van der Waals surface area contributed by atoms with Gasteiger partial charge in [-0.3, -0.25) is 5.41 Å². The Balaban J connectivity index is 1.40. The fourth-order valence-corrected chi connectivity index (χ4v) is 5.89. The van der Waals surface area contributed by atoms with Crippen molar-refractivity contribution in [1.29, 1.82) is 5.41 Å². The fourth-order valence-electron chi connectivity index (χ4n) is 5.04. The molecule has 0 saturated carbocycles. The first-order valence-corrected chi connectivity index (χ1v) is 15.1. The molecule has 7 rings (SSSR count). The van der Waals surface area contributed by atoms with E-state index in [4.69, 9.17) is 25.1 Å². The number of hydrogen-bond donors (Lipinski definition) is 2. The number of thioether (sulfide) groups is 1. The smallest absolute Gasteiger partial charge is 0.227 e. The highest BCUT2D eigenvalue weighted by Gasteiger charge is 2.20. The van der Waals surface area contributed by atoms with Crippen LogP contribution in [-0.4, -0.2) is 20.0 Å². The number of nitrogens with two attached hydrogens (primary N) is 1. The maximum atomic E-state index is 9.20. The van der Waals surface area contributed by atoms with Gasteiger partial charge in [-0.25, -0.2) is 15.0 Å². The highest BCUT2D eigenvalue weighted by Crippen LogP contribution is 2.36. The largest absolute Gasteiger partial charge is 0.436 e. The summed E-state index contributed by atoms with van der Waals surface area (Å²) >= 11 is 1.30. The van der Waals surface area contributed by atoms with Gasteiger partial charge in [0.05, 0.1) is 21.8 Å². The van der Waals surface area contributed by atoms with E-state index in [2.05, 4.69) is 0 Å². The minimum atomic E-state index is -0.404. The molecule has 212 valence electrons. The van der Waals surface area contributed by atoms with Crippen molar-refractivity contribution in [3.8, 4) is 45.4 Å². The lowest BCUT2D eigenvalue weighted by atomic mass is 9.99. The monoisotopic (exact) mass is 589 g/mol. The van der Waals surface area contributed by atoms with Crippen molar-refractivity contribution in [3.63, 3.8) is 0 Å². The van der Waals surface area contributed by atoms with Crippen molar-refractivity contribution >= 4 is 27.9 Å². The van der Waals surface area contributed by atoms with E-state index in [1.165, 1.54) is 11.8 Å². The summed E-state index contributed by atoms with van der Waals surface area (Å²) in [6, 6.07) is 45.3. The van der Waals surface area contributed by atoms with Crippen molar-refractivity contribution in [3.05, 3.63) is 151 Å². The number of fused-ring (bicyclic) bond motifs is 1. The second-order valence-corrected chi connectivity index (χ2v) is 11.4. The van der Waals surface area contributed by atoms with Crippen LogP contribution in [0.5, 0.6) is 0 Å². The van der Waals surface area contributed by atoms with E-state index in [1.807, 2.05) is 140 Å². The van der Waals surface area contributed by atoms with Crippen molar-refractivity contribution in [2.75, 3.05) is 0 Å². The maximum Gasteiger partial charge on any atom is 0.227 e. The van der Waals surface area contributed by atoms with Crippen molar-refractivity contribution < 1.29 is 4.42 Å². The Morgan fingerprint density at radius 1 is 0.636 bits per heavy atom. The van der Waals surface area contributed by atoms with Crippen LogP contribution in [0.4, 0.5) is 0 Å². The first-order chi connectivity index (χ1) is 21.6. The molecule has 2 heterocycles. The van der Waals surface area contributed by atoms with Crippen LogP contribution < -0.4 is 5.73 Å². The molecule has 0 radical (unpaired) electrons. The predicted octanol–water partition coefficient (Wildman–Crippen LogP) is 9.00. The number of hydrogen-bond acceptors (Lipinski definition) is 7. The molecule has 7 aromatic rings. The SMILES string of the molecule is N=C(SC(N)c1ccccc1)c1ccc(-c2nc3ccccc3o2)cc1-c1cc(-c2ccccc2)nc(-c2ccccc2)n1. The van der Waals surface area contributed by atoms with Gasteiger partial charge in [-0.15, -0.1) is 0 Å². The molecule has 1 unspecified atom stereocenters.